The van der Waals surface area contributed by atoms with Crippen LogP contribution in [0.2, 0.25) is 0 Å². The summed E-state index contributed by atoms with van der Waals surface area (Å²) >= 11 is 0. The molecule has 2 aromatic rings. The minimum Gasteiger partial charge on any atom is -0.238 e. The molecule has 0 fully saturated rings. The van der Waals surface area contributed by atoms with E-state index in [4.69, 9.17) is 11.8 Å². The topological polar surface area (TPSA) is 28.1 Å². The predicted molar refractivity (Wildman–Crippen MR) is 62.9 cm³/mol. The molecule has 2 heteroatoms. The molecule has 0 N–H and O–H groups in total. The fraction of sp³-hybridized carbons (Fsp3) is 0. The zero-order valence-electron chi connectivity index (χ0n) is 8.51. The van der Waals surface area contributed by atoms with Crippen LogP contribution in [0.1, 0.15) is 5.56 Å². The lowest BCUT2D eigenvalue weighted by Gasteiger charge is -2.01. The van der Waals surface area contributed by atoms with Crippen molar-refractivity contribution in [2.75, 3.05) is 0 Å². The van der Waals surface area contributed by atoms with E-state index in [0.717, 1.165) is 11.1 Å². The van der Waals surface area contributed by atoms with Gasteiger partial charge in [0.1, 0.15) is 0 Å². The third-order valence-corrected chi connectivity index (χ3v) is 2.34. The van der Waals surface area contributed by atoms with E-state index in [1.165, 1.54) is 0 Å². The molecule has 0 atom stereocenters. The van der Waals surface area contributed by atoms with E-state index in [2.05, 4.69) is 10.9 Å². The van der Waals surface area contributed by atoms with Gasteiger partial charge in [-0.2, -0.15) is 5.26 Å². The molecule has 0 aliphatic rings. The summed E-state index contributed by atoms with van der Waals surface area (Å²) in [6, 6.07) is 16.9. The maximum atomic E-state index is 8.68. The fourth-order valence-corrected chi connectivity index (χ4v) is 1.47. The van der Waals surface area contributed by atoms with Gasteiger partial charge < -0.3 is 0 Å². The Morgan fingerprint density at radius 3 is 1.81 bits per heavy atom. The fourth-order valence-electron chi connectivity index (χ4n) is 1.47. The summed E-state index contributed by atoms with van der Waals surface area (Å²) in [5.74, 6) is 0. The summed E-state index contributed by atoms with van der Waals surface area (Å²) in [6.07, 6.45) is 0. The Labute approximate surface area is 94.2 Å². The maximum Gasteiger partial charge on any atom is 0.187 e. The Hall–Kier alpha value is -2.58. The molecule has 0 spiro atoms. The molecule has 0 unspecified atom stereocenters. The lowest BCUT2D eigenvalue weighted by atomic mass is 10.0. The first-order valence-electron chi connectivity index (χ1n) is 4.81. The van der Waals surface area contributed by atoms with Crippen molar-refractivity contribution in [3.8, 4) is 17.2 Å². The molecule has 2 nitrogen and oxygen atoms in total. The van der Waals surface area contributed by atoms with E-state index in [9.17, 15) is 0 Å². The molecule has 0 aliphatic heterocycles. The van der Waals surface area contributed by atoms with Crippen LogP contribution in [0.4, 0.5) is 5.69 Å². The van der Waals surface area contributed by atoms with E-state index >= 15 is 0 Å². The molecule has 0 aromatic heterocycles. The zero-order valence-corrected chi connectivity index (χ0v) is 8.51. The molecular weight excluding hydrogens is 196 g/mol. The predicted octanol–water partition coefficient (Wildman–Crippen LogP) is 3.78. The first kappa shape index (κ1) is 9.96. The van der Waals surface area contributed by atoms with E-state index in [1.54, 1.807) is 24.3 Å². The number of nitriles is 1. The van der Waals surface area contributed by atoms with Crippen LogP contribution in [-0.2, 0) is 0 Å². The highest BCUT2D eigenvalue weighted by molar-refractivity contribution is 5.66. The first-order chi connectivity index (χ1) is 7.83. The minimum absolute atomic E-state index is 0.636. The standard InChI is InChI=1S/C14H8N2/c1-16-14-8-6-13(7-9-14)12-4-2-11(10-15)3-5-12/h2-9H. The van der Waals surface area contributed by atoms with Gasteiger partial charge in [-0.15, -0.1) is 0 Å². The Kier molecular flexibility index (Phi) is 2.67. The van der Waals surface area contributed by atoms with Crippen molar-refractivity contribution >= 4 is 5.69 Å². The molecule has 0 radical (unpaired) electrons. The molecule has 0 heterocycles. The summed E-state index contributed by atoms with van der Waals surface area (Å²) in [6.45, 7) is 6.86. The second-order valence-electron chi connectivity index (χ2n) is 3.35. The Morgan fingerprint density at radius 2 is 1.38 bits per heavy atom. The second-order valence-corrected chi connectivity index (χ2v) is 3.35. The summed E-state index contributed by atoms with van der Waals surface area (Å²) < 4.78 is 0. The second kappa shape index (κ2) is 4.29. The molecule has 2 rings (SSSR count). The van der Waals surface area contributed by atoms with Gasteiger partial charge in [-0.1, -0.05) is 36.4 Å². The SMILES string of the molecule is [C-]#[N+]c1ccc(-c2ccc(C#N)cc2)cc1. The third kappa shape index (κ3) is 1.92. The number of nitrogens with zero attached hydrogens (tertiary/aromatic N) is 2. The first-order valence-corrected chi connectivity index (χ1v) is 4.81. The Balaban J connectivity index is 2.36. The summed E-state index contributed by atoms with van der Waals surface area (Å²) in [4.78, 5) is 3.34. The highest BCUT2D eigenvalue weighted by Crippen LogP contribution is 2.22. The van der Waals surface area contributed by atoms with Crippen LogP contribution in [0.15, 0.2) is 48.5 Å². The third-order valence-electron chi connectivity index (χ3n) is 2.34. The van der Waals surface area contributed by atoms with Crippen molar-refractivity contribution in [1.82, 2.24) is 0 Å². The number of rotatable bonds is 1. The van der Waals surface area contributed by atoms with Crippen LogP contribution in [-0.4, -0.2) is 0 Å². The molecule has 2 aromatic carbocycles. The minimum atomic E-state index is 0.636. The quantitative estimate of drug-likeness (QED) is 0.650. The van der Waals surface area contributed by atoms with Crippen molar-refractivity contribution in [3.05, 3.63) is 65.5 Å². The lowest BCUT2D eigenvalue weighted by molar-refractivity contribution is 1.48. The molecule has 0 saturated carbocycles. The van der Waals surface area contributed by atoms with Crippen LogP contribution < -0.4 is 0 Å². The highest BCUT2D eigenvalue weighted by Gasteiger charge is 1.98. The van der Waals surface area contributed by atoms with Gasteiger partial charge in [0.15, 0.2) is 5.69 Å². The normalized spacial score (nSPS) is 9.12. The Morgan fingerprint density at radius 1 is 0.875 bits per heavy atom. The summed E-state index contributed by atoms with van der Waals surface area (Å²) in [5.41, 5.74) is 3.39. The molecule has 74 valence electrons. The van der Waals surface area contributed by atoms with Gasteiger partial charge in [-0.05, 0) is 23.3 Å². The largest absolute Gasteiger partial charge is 0.238 e. The molecule has 0 aliphatic carbocycles. The van der Waals surface area contributed by atoms with Gasteiger partial charge in [0.25, 0.3) is 0 Å². The van der Waals surface area contributed by atoms with Gasteiger partial charge in [0.05, 0.1) is 18.2 Å². The van der Waals surface area contributed by atoms with Crippen molar-refractivity contribution in [2.45, 2.75) is 0 Å². The van der Waals surface area contributed by atoms with E-state index in [-0.39, 0.29) is 0 Å². The smallest absolute Gasteiger partial charge is 0.187 e. The van der Waals surface area contributed by atoms with Crippen molar-refractivity contribution in [1.29, 1.82) is 5.26 Å². The molecule has 16 heavy (non-hydrogen) atoms. The lowest BCUT2D eigenvalue weighted by Crippen LogP contribution is -1.78. The zero-order chi connectivity index (χ0) is 11.4. The molecule has 0 amide bonds. The van der Waals surface area contributed by atoms with Crippen LogP contribution in [0.5, 0.6) is 0 Å². The van der Waals surface area contributed by atoms with E-state index in [1.807, 2.05) is 24.3 Å². The molecule has 0 bridgehead atoms. The van der Waals surface area contributed by atoms with Crippen molar-refractivity contribution < 1.29 is 0 Å². The van der Waals surface area contributed by atoms with Crippen LogP contribution in [0, 0.1) is 17.9 Å². The van der Waals surface area contributed by atoms with Gasteiger partial charge >= 0.3 is 0 Å². The van der Waals surface area contributed by atoms with Crippen LogP contribution in [0.25, 0.3) is 16.0 Å². The number of hydrogen-bond donors (Lipinski definition) is 0. The number of benzene rings is 2. The van der Waals surface area contributed by atoms with Gasteiger partial charge in [0.2, 0.25) is 0 Å². The monoisotopic (exact) mass is 204 g/mol. The van der Waals surface area contributed by atoms with Crippen LogP contribution >= 0.6 is 0 Å². The van der Waals surface area contributed by atoms with E-state index in [0.29, 0.717) is 11.3 Å². The Bertz CT molecular complexity index is 511. The van der Waals surface area contributed by atoms with Gasteiger partial charge in [-0.25, -0.2) is 4.85 Å². The van der Waals surface area contributed by atoms with Crippen molar-refractivity contribution in [3.63, 3.8) is 0 Å². The van der Waals surface area contributed by atoms with Crippen molar-refractivity contribution in [2.24, 2.45) is 0 Å². The maximum absolute atomic E-state index is 8.68. The average molecular weight is 204 g/mol. The van der Waals surface area contributed by atoms with Gasteiger partial charge in [-0.3, -0.25) is 0 Å². The molecular formula is C14H8N2. The summed E-state index contributed by atoms with van der Waals surface area (Å²) in [5, 5.41) is 8.68. The van der Waals surface area contributed by atoms with Gasteiger partial charge in [0, 0.05) is 0 Å². The summed E-state index contributed by atoms with van der Waals surface area (Å²) in [7, 11) is 0. The number of hydrogen-bond acceptors (Lipinski definition) is 1. The van der Waals surface area contributed by atoms with E-state index < -0.39 is 0 Å². The molecule has 0 saturated heterocycles. The average Bonchev–Trinajstić information content (AvgIpc) is 2.39. The van der Waals surface area contributed by atoms with Crippen LogP contribution in [0.3, 0.4) is 0 Å². The highest BCUT2D eigenvalue weighted by atomic mass is 14.6.